The molecule has 0 unspecified atom stereocenters. The lowest BCUT2D eigenvalue weighted by atomic mass is 9.96. The summed E-state index contributed by atoms with van der Waals surface area (Å²) in [5.74, 6) is 0.860. The van der Waals surface area contributed by atoms with Gasteiger partial charge >= 0.3 is 0 Å². The van der Waals surface area contributed by atoms with Gasteiger partial charge in [-0.25, -0.2) is 0 Å². The molecule has 4 nitrogen and oxygen atoms in total. The third-order valence-electron chi connectivity index (χ3n) is 4.71. The van der Waals surface area contributed by atoms with Gasteiger partial charge in [0.15, 0.2) is 0 Å². The Labute approximate surface area is 126 Å². The number of hydrogen-bond donors (Lipinski definition) is 2. The summed E-state index contributed by atoms with van der Waals surface area (Å²) in [5, 5.41) is 2.99. The van der Waals surface area contributed by atoms with Gasteiger partial charge in [0.2, 0.25) is 5.91 Å². The van der Waals surface area contributed by atoms with Crippen molar-refractivity contribution in [1.29, 1.82) is 0 Å². The fraction of sp³-hybridized carbons (Fsp3) is 0.588. The highest BCUT2D eigenvalue weighted by Crippen LogP contribution is 2.29. The van der Waals surface area contributed by atoms with Crippen molar-refractivity contribution in [1.82, 2.24) is 5.32 Å². The Bertz CT molecular complexity index is 505. The lowest BCUT2D eigenvalue weighted by Gasteiger charge is -2.28. The SMILES string of the molecule is NC1(C(=O)NCc2ccccc2OC2CCC2)CCCC1. The van der Waals surface area contributed by atoms with E-state index in [0.717, 1.165) is 49.8 Å². The number of carbonyl (C=O) groups is 1. The number of rotatable bonds is 5. The van der Waals surface area contributed by atoms with Crippen LogP contribution in [0.4, 0.5) is 0 Å². The van der Waals surface area contributed by atoms with Crippen LogP contribution in [0.15, 0.2) is 24.3 Å². The van der Waals surface area contributed by atoms with Crippen molar-refractivity contribution < 1.29 is 9.53 Å². The van der Waals surface area contributed by atoms with Gasteiger partial charge in [-0.15, -0.1) is 0 Å². The summed E-state index contributed by atoms with van der Waals surface area (Å²) in [6, 6.07) is 7.93. The summed E-state index contributed by atoms with van der Waals surface area (Å²) >= 11 is 0. The molecule has 1 amide bonds. The highest BCUT2D eigenvalue weighted by Gasteiger charge is 2.36. The maximum absolute atomic E-state index is 12.3. The largest absolute Gasteiger partial charge is 0.490 e. The number of nitrogens with two attached hydrogens (primary N) is 1. The maximum Gasteiger partial charge on any atom is 0.240 e. The molecule has 2 aliphatic rings. The smallest absolute Gasteiger partial charge is 0.240 e. The molecule has 0 bridgehead atoms. The predicted octanol–water partition coefficient (Wildman–Crippen LogP) is 2.51. The topological polar surface area (TPSA) is 64.4 Å². The zero-order chi connectivity index (χ0) is 14.7. The molecule has 0 heterocycles. The van der Waals surface area contributed by atoms with Crippen LogP contribution in [0.3, 0.4) is 0 Å². The van der Waals surface area contributed by atoms with Crippen molar-refractivity contribution in [2.75, 3.05) is 0 Å². The Balaban J connectivity index is 1.60. The predicted molar refractivity (Wildman–Crippen MR) is 81.9 cm³/mol. The van der Waals surface area contributed by atoms with Crippen molar-refractivity contribution in [2.24, 2.45) is 5.73 Å². The Kier molecular flexibility index (Phi) is 4.15. The number of para-hydroxylation sites is 1. The lowest BCUT2D eigenvalue weighted by molar-refractivity contribution is -0.126. The van der Waals surface area contributed by atoms with E-state index in [2.05, 4.69) is 5.32 Å². The van der Waals surface area contributed by atoms with Crippen LogP contribution in [-0.2, 0) is 11.3 Å². The molecule has 3 rings (SSSR count). The van der Waals surface area contributed by atoms with Crippen LogP contribution in [-0.4, -0.2) is 17.6 Å². The summed E-state index contributed by atoms with van der Waals surface area (Å²) in [6.07, 6.45) is 7.53. The van der Waals surface area contributed by atoms with E-state index in [1.807, 2.05) is 24.3 Å². The minimum absolute atomic E-state index is 0.0292. The van der Waals surface area contributed by atoms with Crippen LogP contribution in [0.25, 0.3) is 0 Å². The van der Waals surface area contributed by atoms with E-state index in [4.69, 9.17) is 10.5 Å². The van der Waals surface area contributed by atoms with Crippen LogP contribution in [0.1, 0.15) is 50.5 Å². The molecule has 0 aliphatic heterocycles. The summed E-state index contributed by atoms with van der Waals surface area (Å²) in [7, 11) is 0. The lowest BCUT2D eigenvalue weighted by Crippen LogP contribution is -2.51. The molecule has 0 saturated heterocycles. The molecule has 0 aromatic heterocycles. The van der Waals surface area contributed by atoms with Crippen LogP contribution >= 0.6 is 0 Å². The van der Waals surface area contributed by atoms with Gasteiger partial charge in [0.25, 0.3) is 0 Å². The van der Waals surface area contributed by atoms with E-state index in [-0.39, 0.29) is 5.91 Å². The molecule has 21 heavy (non-hydrogen) atoms. The third kappa shape index (κ3) is 3.21. The van der Waals surface area contributed by atoms with Crippen molar-refractivity contribution in [3.8, 4) is 5.75 Å². The second kappa shape index (κ2) is 6.06. The number of ether oxygens (including phenoxy) is 1. The minimum atomic E-state index is -0.663. The number of nitrogens with one attached hydrogen (secondary N) is 1. The van der Waals surface area contributed by atoms with Gasteiger partial charge in [0.1, 0.15) is 5.75 Å². The zero-order valence-electron chi connectivity index (χ0n) is 12.4. The summed E-state index contributed by atoms with van der Waals surface area (Å²) in [4.78, 5) is 12.3. The van der Waals surface area contributed by atoms with Gasteiger partial charge in [0, 0.05) is 12.1 Å². The second-order valence-corrected chi connectivity index (χ2v) is 6.32. The van der Waals surface area contributed by atoms with Gasteiger partial charge in [0.05, 0.1) is 11.6 Å². The molecule has 4 heteroatoms. The summed E-state index contributed by atoms with van der Waals surface area (Å²) in [5.41, 5.74) is 6.54. The first kappa shape index (κ1) is 14.4. The van der Waals surface area contributed by atoms with E-state index in [9.17, 15) is 4.79 Å². The van der Waals surface area contributed by atoms with E-state index in [1.54, 1.807) is 0 Å². The van der Waals surface area contributed by atoms with E-state index >= 15 is 0 Å². The van der Waals surface area contributed by atoms with E-state index in [1.165, 1.54) is 6.42 Å². The molecule has 2 fully saturated rings. The molecule has 1 aromatic carbocycles. The number of amides is 1. The number of benzene rings is 1. The number of hydrogen-bond acceptors (Lipinski definition) is 3. The summed E-state index contributed by atoms with van der Waals surface area (Å²) < 4.78 is 5.98. The average Bonchev–Trinajstić information content (AvgIpc) is 2.89. The monoisotopic (exact) mass is 288 g/mol. The fourth-order valence-electron chi connectivity index (χ4n) is 3.02. The van der Waals surface area contributed by atoms with Crippen molar-refractivity contribution >= 4 is 5.91 Å². The van der Waals surface area contributed by atoms with Crippen LogP contribution < -0.4 is 15.8 Å². The quantitative estimate of drug-likeness (QED) is 0.875. The maximum atomic E-state index is 12.3. The van der Waals surface area contributed by atoms with E-state index < -0.39 is 5.54 Å². The third-order valence-corrected chi connectivity index (χ3v) is 4.71. The first-order chi connectivity index (χ1) is 10.2. The highest BCUT2D eigenvalue weighted by atomic mass is 16.5. The molecule has 2 saturated carbocycles. The normalized spacial score (nSPS) is 20.8. The van der Waals surface area contributed by atoms with Crippen molar-refractivity contribution in [3.63, 3.8) is 0 Å². The molecule has 0 spiro atoms. The van der Waals surface area contributed by atoms with Gasteiger partial charge in [-0.3, -0.25) is 4.79 Å². The molecular formula is C17H24N2O2. The number of carbonyl (C=O) groups excluding carboxylic acids is 1. The molecule has 0 radical (unpaired) electrons. The summed E-state index contributed by atoms with van der Waals surface area (Å²) in [6.45, 7) is 0.487. The molecule has 3 N–H and O–H groups in total. The Hall–Kier alpha value is -1.55. The second-order valence-electron chi connectivity index (χ2n) is 6.32. The van der Waals surface area contributed by atoms with Crippen LogP contribution in [0, 0.1) is 0 Å². The zero-order valence-corrected chi connectivity index (χ0v) is 12.4. The fourth-order valence-corrected chi connectivity index (χ4v) is 3.02. The molecule has 2 aliphatic carbocycles. The Morgan fingerprint density at radius 3 is 2.62 bits per heavy atom. The average molecular weight is 288 g/mol. The molecule has 1 aromatic rings. The standard InChI is InChI=1S/C17H24N2O2/c18-17(10-3-4-11-17)16(20)19-12-13-6-1-2-9-15(13)21-14-7-5-8-14/h1-2,6,9,14H,3-5,7-8,10-12,18H2,(H,19,20). The van der Waals surface area contributed by atoms with Crippen molar-refractivity contribution in [2.45, 2.75) is 63.1 Å². The van der Waals surface area contributed by atoms with Gasteiger partial charge in [-0.1, -0.05) is 31.0 Å². The minimum Gasteiger partial charge on any atom is -0.490 e. The molecule has 114 valence electrons. The van der Waals surface area contributed by atoms with Gasteiger partial charge in [-0.05, 0) is 38.2 Å². The highest BCUT2D eigenvalue weighted by molar-refractivity contribution is 5.86. The first-order valence-electron chi connectivity index (χ1n) is 7.99. The Morgan fingerprint density at radius 2 is 1.95 bits per heavy atom. The van der Waals surface area contributed by atoms with Crippen LogP contribution in [0.5, 0.6) is 5.75 Å². The first-order valence-corrected chi connectivity index (χ1v) is 7.99. The van der Waals surface area contributed by atoms with Crippen LogP contribution in [0.2, 0.25) is 0 Å². The van der Waals surface area contributed by atoms with Gasteiger partial charge < -0.3 is 15.8 Å². The van der Waals surface area contributed by atoms with Gasteiger partial charge in [-0.2, -0.15) is 0 Å². The molecular weight excluding hydrogens is 264 g/mol. The van der Waals surface area contributed by atoms with Crippen molar-refractivity contribution in [3.05, 3.63) is 29.8 Å². The van der Waals surface area contributed by atoms with E-state index in [0.29, 0.717) is 12.6 Å². The molecule has 0 atom stereocenters. The Morgan fingerprint density at radius 1 is 1.24 bits per heavy atom.